The molecule has 0 aromatic carbocycles. The molecule has 14 heavy (non-hydrogen) atoms. The van der Waals surface area contributed by atoms with Crippen LogP contribution in [0.2, 0.25) is 0 Å². The van der Waals surface area contributed by atoms with Gasteiger partial charge in [0.05, 0.1) is 7.05 Å². The number of hydrogen-bond donors (Lipinski definition) is 0. The van der Waals surface area contributed by atoms with Crippen molar-refractivity contribution in [2.24, 2.45) is 7.05 Å². The van der Waals surface area contributed by atoms with Gasteiger partial charge in [0.15, 0.2) is 5.78 Å². The van der Waals surface area contributed by atoms with Crippen LogP contribution in [0.1, 0.15) is 12.7 Å². The van der Waals surface area contributed by atoms with E-state index in [0.717, 1.165) is 6.20 Å². The van der Waals surface area contributed by atoms with Crippen LogP contribution in [-0.4, -0.2) is 20.3 Å². The molecule has 1 aromatic heterocycles. The van der Waals surface area contributed by atoms with Gasteiger partial charge in [0.2, 0.25) is 5.82 Å². The van der Waals surface area contributed by atoms with E-state index in [0.29, 0.717) is 5.82 Å². The Morgan fingerprint density at radius 1 is 1.71 bits per heavy atom. The first-order valence-electron chi connectivity index (χ1n) is 3.87. The van der Waals surface area contributed by atoms with Crippen LogP contribution in [0.5, 0.6) is 0 Å². The molecule has 6 nitrogen and oxygen atoms in total. The molecular weight excluding hydrogens is 186 g/mol. The second-order valence-corrected chi connectivity index (χ2v) is 2.73. The number of nitrogens with zero attached hydrogens (tertiary/aromatic N) is 3. The van der Waals surface area contributed by atoms with Gasteiger partial charge in [0.25, 0.3) is 0 Å². The summed E-state index contributed by atoms with van der Waals surface area (Å²) < 4.78 is 1.30. The fraction of sp³-hybridized carbons (Fsp3) is 0.250. The normalized spacial score (nSPS) is 10.7. The maximum absolute atomic E-state index is 10.6. The first-order valence-corrected chi connectivity index (χ1v) is 3.87. The molecule has 0 aliphatic heterocycles. The summed E-state index contributed by atoms with van der Waals surface area (Å²) in [6, 6.07) is 0. The fourth-order valence-corrected chi connectivity index (χ4v) is 0.931. The molecule has 0 aliphatic carbocycles. The minimum atomic E-state index is -0.530. The Labute approximate surface area is 80.0 Å². The van der Waals surface area contributed by atoms with Crippen molar-refractivity contribution in [1.82, 2.24) is 9.55 Å². The lowest BCUT2D eigenvalue weighted by molar-refractivity contribution is -0.391. The van der Waals surface area contributed by atoms with E-state index in [2.05, 4.69) is 4.98 Å². The standard InChI is InChI=1S/C8H9N3O3/c1-6(12)3-4-7-9-5-8(10(7)2)11(13)14/h3-5H,1-2H3/b4-3+. The Bertz CT molecular complexity index is 406. The van der Waals surface area contributed by atoms with E-state index >= 15 is 0 Å². The molecule has 0 radical (unpaired) electrons. The largest absolute Gasteiger partial charge is 0.358 e. The van der Waals surface area contributed by atoms with E-state index in [9.17, 15) is 14.9 Å². The lowest BCUT2D eigenvalue weighted by Gasteiger charge is -1.93. The molecule has 0 saturated carbocycles. The highest BCUT2D eigenvalue weighted by molar-refractivity contribution is 5.91. The molecule has 0 unspecified atom stereocenters. The molecule has 0 amide bonds. The van der Waals surface area contributed by atoms with Gasteiger partial charge in [-0.3, -0.25) is 4.79 Å². The average molecular weight is 195 g/mol. The summed E-state index contributed by atoms with van der Waals surface area (Å²) in [5.41, 5.74) is 0. The van der Waals surface area contributed by atoms with Crippen molar-refractivity contribution < 1.29 is 9.72 Å². The average Bonchev–Trinajstić information content (AvgIpc) is 2.43. The van der Waals surface area contributed by atoms with E-state index in [-0.39, 0.29) is 11.6 Å². The number of rotatable bonds is 3. The van der Waals surface area contributed by atoms with Gasteiger partial charge in [0.1, 0.15) is 6.20 Å². The molecule has 1 aromatic rings. The Morgan fingerprint density at radius 3 is 2.79 bits per heavy atom. The Hall–Kier alpha value is -1.98. The van der Waals surface area contributed by atoms with Gasteiger partial charge >= 0.3 is 5.82 Å². The molecule has 1 heterocycles. The zero-order chi connectivity index (χ0) is 10.7. The lowest BCUT2D eigenvalue weighted by atomic mass is 10.4. The Morgan fingerprint density at radius 2 is 2.36 bits per heavy atom. The van der Waals surface area contributed by atoms with E-state index in [4.69, 9.17) is 0 Å². The third-order valence-corrected chi connectivity index (χ3v) is 1.65. The van der Waals surface area contributed by atoms with Gasteiger partial charge < -0.3 is 10.1 Å². The second kappa shape index (κ2) is 3.82. The minimum Gasteiger partial charge on any atom is -0.358 e. The van der Waals surface area contributed by atoms with Crippen LogP contribution in [-0.2, 0) is 11.8 Å². The monoisotopic (exact) mass is 195 g/mol. The van der Waals surface area contributed by atoms with Gasteiger partial charge in [-0.15, -0.1) is 0 Å². The molecule has 0 fully saturated rings. The molecular formula is C8H9N3O3. The van der Waals surface area contributed by atoms with E-state index in [1.165, 1.54) is 30.7 Å². The van der Waals surface area contributed by atoms with Crippen molar-refractivity contribution in [3.8, 4) is 0 Å². The molecule has 0 bridgehead atoms. The quantitative estimate of drug-likeness (QED) is 0.408. The molecule has 1 rings (SSSR count). The summed E-state index contributed by atoms with van der Waals surface area (Å²) in [5.74, 6) is 0.149. The lowest BCUT2D eigenvalue weighted by Crippen LogP contribution is -1.98. The van der Waals surface area contributed by atoms with Gasteiger partial charge in [0, 0.05) is 6.08 Å². The van der Waals surface area contributed by atoms with Crippen molar-refractivity contribution >= 4 is 17.7 Å². The summed E-state index contributed by atoms with van der Waals surface area (Å²) in [6.45, 7) is 1.40. The van der Waals surface area contributed by atoms with Crippen LogP contribution >= 0.6 is 0 Å². The summed E-state index contributed by atoms with van der Waals surface area (Å²) in [5, 5.41) is 10.4. The predicted octanol–water partition coefficient (Wildman–Crippen LogP) is 0.930. The molecule has 74 valence electrons. The van der Waals surface area contributed by atoms with Gasteiger partial charge in [-0.25, -0.2) is 9.55 Å². The van der Waals surface area contributed by atoms with Crippen LogP contribution in [0.15, 0.2) is 12.3 Å². The number of aromatic nitrogens is 2. The molecule has 0 aliphatic rings. The number of allylic oxidation sites excluding steroid dienone is 1. The van der Waals surface area contributed by atoms with Crippen LogP contribution in [0.4, 0.5) is 5.82 Å². The molecule has 0 atom stereocenters. The third-order valence-electron chi connectivity index (χ3n) is 1.65. The Balaban J connectivity index is 3.01. The number of hydrogen-bond acceptors (Lipinski definition) is 4. The SMILES string of the molecule is CC(=O)/C=C/c1ncc([N+](=O)[O-])n1C. The van der Waals surface area contributed by atoms with E-state index < -0.39 is 4.92 Å². The number of carbonyl (C=O) groups is 1. The zero-order valence-corrected chi connectivity index (χ0v) is 7.80. The first kappa shape index (κ1) is 10.1. The first-order chi connectivity index (χ1) is 6.52. The van der Waals surface area contributed by atoms with Gasteiger partial charge in [-0.2, -0.15) is 0 Å². The maximum atomic E-state index is 10.6. The smallest absolute Gasteiger partial charge is 0.342 e. The highest BCUT2D eigenvalue weighted by Gasteiger charge is 2.13. The number of ketones is 1. The van der Waals surface area contributed by atoms with Crippen molar-refractivity contribution in [2.45, 2.75) is 6.92 Å². The van der Waals surface area contributed by atoms with Crippen LogP contribution in [0.25, 0.3) is 6.08 Å². The predicted molar refractivity (Wildman–Crippen MR) is 49.6 cm³/mol. The van der Waals surface area contributed by atoms with E-state index in [1.807, 2.05) is 0 Å². The number of nitro groups is 1. The molecule has 0 N–H and O–H groups in total. The van der Waals surface area contributed by atoms with Gasteiger partial charge in [-0.1, -0.05) is 0 Å². The van der Waals surface area contributed by atoms with Crippen molar-refractivity contribution in [3.63, 3.8) is 0 Å². The van der Waals surface area contributed by atoms with Crippen molar-refractivity contribution in [1.29, 1.82) is 0 Å². The highest BCUT2D eigenvalue weighted by atomic mass is 16.6. The Kier molecular flexibility index (Phi) is 2.76. The highest BCUT2D eigenvalue weighted by Crippen LogP contribution is 2.12. The number of imidazole rings is 1. The summed E-state index contributed by atoms with van der Waals surface area (Å²) in [7, 11) is 1.52. The van der Waals surface area contributed by atoms with Crippen LogP contribution in [0, 0.1) is 10.1 Å². The third kappa shape index (κ3) is 2.03. The summed E-state index contributed by atoms with van der Waals surface area (Å²) in [6.07, 6.45) is 3.90. The topological polar surface area (TPSA) is 78.0 Å². The van der Waals surface area contributed by atoms with E-state index in [1.54, 1.807) is 0 Å². The fourth-order valence-electron chi connectivity index (χ4n) is 0.931. The molecule has 0 saturated heterocycles. The van der Waals surface area contributed by atoms with Crippen LogP contribution < -0.4 is 0 Å². The summed E-state index contributed by atoms with van der Waals surface area (Å²) >= 11 is 0. The summed E-state index contributed by atoms with van der Waals surface area (Å²) in [4.78, 5) is 24.3. The van der Waals surface area contributed by atoms with Crippen LogP contribution in [0.3, 0.4) is 0 Å². The van der Waals surface area contributed by atoms with Crippen molar-refractivity contribution in [3.05, 3.63) is 28.2 Å². The van der Waals surface area contributed by atoms with Gasteiger partial charge in [-0.05, 0) is 17.9 Å². The maximum Gasteiger partial charge on any atom is 0.342 e. The second-order valence-electron chi connectivity index (χ2n) is 2.73. The zero-order valence-electron chi connectivity index (χ0n) is 7.80. The molecule has 6 heteroatoms. The minimum absolute atomic E-state index is 0.104. The van der Waals surface area contributed by atoms with Crippen molar-refractivity contribution in [2.75, 3.05) is 0 Å². The number of carbonyl (C=O) groups excluding carboxylic acids is 1. The molecule has 0 spiro atoms.